The Labute approximate surface area is 193 Å². The summed E-state index contributed by atoms with van der Waals surface area (Å²) in [6.07, 6.45) is 0. The molecule has 3 rings (SSSR count). The van der Waals surface area contributed by atoms with Crippen LogP contribution in [0.3, 0.4) is 0 Å². The molecule has 2 amide bonds. The number of amides is 2. The van der Waals surface area contributed by atoms with E-state index in [-0.39, 0.29) is 28.0 Å². The van der Waals surface area contributed by atoms with Crippen LogP contribution in [0.5, 0.6) is 17.2 Å². The predicted octanol–water partition coefficient (Wildman–Crippen LogP) is 1.22. The first-order valence-electron chi connectivity index (χ1n) is 10.2. The number of nitrogens with zero attached hydrogens (tertiary/aromatic N) is 2. The van der Waals surface area contributed by atoms with Gasteiger partial charge in [0.15, 0.2) is 0 Å². The minimum absolute atomic E-state index is 0.112. The largest absolute Gasteiger partial charge is 0.497 e. The van der Waals surface area contributed by atoms with Gasteiger partial charge in [0.2, 0.25) is 10.0 Å². The summed E-state index contributed by atoms with van der Waals surface area (Å²) >= 11 is 0. The van der Waals surface area contributed by atoms with Gasteiger partial charge in [0.05, 0.1) is 26.9 Å². The summed E-state index contributed by atoms with van der Waals surface area (Å²) in [5, 5.41) is 0. The van der Waals surface area contributed by atoms with Crippen LogP contribution in [-0.2, 0) is 10.0 Å². The van der Waals surface area contributed by atoms with Crippen molar-refractivity contribution in [2.75, 3.05) is 54.6 Å². The highest BCUT2D eigenvalue weighted by atomic mass is 32.2. The molecule has 11 heteroatoms. The molecule has 0 bridgehead atoms. The third-order valence-corrected chi connectivity index (χ3v) is 6.90. The number of nitrogens with one attached hydrogen (secondary N) is 1. The maximum atomic E-state index is 13.0. The minimum atomic E-state index is -3.81. The second-order valence-corrected chi connectivity index (χ2v) is 9.08. The number of piperazine rings is 1. The number of hydrogen-bond donors (Lipinski definition) is 1. The Morgan fingerprint density at radius 1 is 0.818 bits per heavy atom. The SMILES string of the molecule is CNS(=O)(=O)c1cc(C(=O)N2CCN(C(=O)c3ccc(OC)cc3OC)CC2)ccc1OC. The van der Waals surface area contributed by atoms with Gasteiger partial charge in [0.1, 0.15) is 22.1 Å². The molecule has 33 heavy (non-hydrogen) atoms. The molecule has 2 aromatic carbocycles. The van der Waals surface area contributed by atoms with Gasteiger partial charge in [-0.05, 0) is 37.4 Å². The summed E-state index contributed by atoms with van der Waals surface area (Å²) in [6, 6.07) is 9.26. The predicted molar refractivity (Wildman–Crippen MR) is 121 cm³/mol. The molecule has 0 spiro atoms. The summed E-state index contributed by atoms with van der Waals surface area (Å²) in [7, 11) is 1.86. The summed E-state index contributed by atoms with van der Waals surface area (Å²) in [5.74, 6) is 0.616. The second kappa shape index (κ2) is 10.1. The molecule has 0 radical (unpaired) electrons. The van der Waals surface area contributed by atoms with E-state index in [1.54, 1.807) is 28.0 Å². The van der Waals surface area contributed by atoms with E-state index in [2.05, 4.69) is 4.72 Å². The molecule has 1 aliphatic heterocycles. The Kier molecular flexibility index (Phi) is 7.44. The van der Waals surface area contributed by atoms with E-state index >= 15 is 0 Å². The van der Waals surface area contributed by atoms with Crippen LogP contribution in [0.15, 0.2) is 41.3 Å². The van der Waals surface area contributed by atoms with Gasteiger partial charge in [-0.25, -0.2) is 13.1 Å². The maximum absolute atomic E-state index is 13.0. The van der Waals surface area contributed by atoms with E-state index in [0.717, 1.165) is 0 Å². The number of sulfonamides is 1. The molecule has 2 aromatic rings. The molecule has 1 aliphatic rings. The molecule has 0 unspecified atom stereocenters. The molecular weight excluding hydrogens is 450 g/mol. The third kappa shape index (κ3) is 5.04. The number of rotatable bonds is 7. The fraction of sp³-hybridized carbons (Fsp3) is 0.364. The Morgan fingerprint density at radius 2 is 1.42 bits per heavy atom. The van der Waals surface area contributed by atoms with Crippen LogP contribution < -0.4 is 18.9 Å². The fourth-order valence-electron chi connectivity index (χ4n) is 3.57. The molecule has 0 aromatic heterocycles. The smallest absolute Gasteiger partial charge is 0.257 e. The van der Waals surface area contributed by atoms with E-state index in [0.29, 0.717) is 43.2 Å². The minimum Gasteiger partial charge on any atom is -0.497 e. The zero-order valence-corrected chi connectivity index (χ0v) is 19.8. The molecule has 1 heterocycles. The lowest BCUT2D eigenvalue weighted by atomic mass is 10.1. The number of hydrogen-bond acceptors (Lipinski definition) is 7. The van der Waals surface area contributed by atoms with E-state index in [1.807, 2.05) is 0 Å². The standard InChI is InChI=1S/C22H27N3O7S/c1-23-33(28,29)20-13-15(5-8-18(20)31-3)21(26)24-9-11-25(12-10-24)22(27)17-7-6-16(30-2)14-19(17)32-4/h5-8,13-14,23H,9-12H2,1-4H3. The Bertz CT molecular complexity index is 1140. The lowest BCUT2D eigenvalue weighted by Gasteiger charge is -2.35. The van der Waals surface area contributed by atoms with Gasteiger partial charge in [-0.3, -0.25) is 9.59 Å². The normalized spacial score (nSPS) is 14.1. The van der Waals surface area contributed by atoms with Crippen molar-refractivity contribution < 1.29 is 32.2 Å². The molecule has 0 saturated carbocycles. The van der Waals surface area contributed by atoms with Crippen molar-refractivity contribution in [1.29, 1.82) is 0 Å². The Hall–Kier alpha value is -3.31. The highest BCUT2D eigenvalue weighted by Gasteiger charge is 2.28. The molecule has 0 atom stereocenters. The van der Waals surface area contributed by atoms with Crippen molar-refractivity contribution in [2.45, 2.75) is 4.90 Å². The molecular formula is C22H27N3O7S. The van der Waals surface area contributed by atoms with Gasteiger partial charge in [-0.15, -0.1) is 0 Å². The number of methoxy groups -OCH3 is 3. The summed E-state index contributed by atoms with van der Waals surface area (Å²) in [4.78, 5) is 29.1. The van der Waals surface area contributed by atoms with Crippen LogP contribution in [0.2, 0.25) is 0 Å². The lowest BCUT2D eigenvalue weighted by molar-refractivity contribution is 0.0533. The van der Waals surface area contributed by atoms with Crippen LogP contribution in [0, 0.1) is 0 Å². The zero-order valence-electron chi connectivity index (χ0n) is 19.0. The van der Waals surface area contributed by atoms with Gasteiger partial charge in [0, 0.05) is 37.8 Å². The van der Waals surface area contributed by atoms with Crippen LogP contribution >= 0.6 is 0 Å². The van der Waals surface area contributed by atoms with Crippen molar-refractivity contribution in [3.63, 3.8) is 0 Å². The van der Waals surface area contributed by atoms with E-state index in [1.165, 1.54) is 46.6 Å². The van der Waals surface area contributed by atoms with E-state index in [9.17, 15) is 18.0 Å². The third-order valence-electron chi connectivity index (χ3n) is 5.46. The first kappa shape index (κ1) is 24.3. The van der Waals surface area contributed by atoms with E-state index < -0.39 is 10.0 Å². The lowest BCUT2D eigenvalue weighted by Crippen LogP contribution is -2.50. The average Bonchev–Trinajstić information content (AvgIpc) is 2.87. The molecule has 1 fully saturated rings. The van der Waals surface area contributed by atoms with Crippen LogP contribution in [0.25, 0.3) is 0 Å². The molecule has 0 aliphatic carbocycles. The van der Waals surface area contributed by atoms with Gasteiger partial charge < -0.3 is 24.0 Å². The molecule has 1 saturated heterocycles. The van der Waals surface area contributed by atoms with Crippen LogP contribution in [0.1, 0.15) is 20.7 Å². The fourth-order valence-corrected chi connectivity index (χ4v) is 4.49. The van der Waals surface area contributed by atoms with Crippen molar-refractivity contribution in [3.8, 4) is 17.2 Å². The van der Waals surface area contributed by atoms with Crippen LogP contribution in [-0.4, -0.2) is 84.6 Å². The Balaban J connectivity index is 1.73. The van der Waals surface area contributed by atoms with Crippen molar-refractivity contribution in [1.82, 2.24) is 14.5 Å². The number of benzene rings is 2. The quantitative estimate of drug-likeness (QED) is 0.638. The van der Waals surface area contributed by atoms with Crippen molar-refractivity contribution in [2.24, 2.45) is 0 Å². The average molecular weight is 478 g/mol. The summed E-state index contributed by atoms with van der Waals surface area (Å²) in [6.45, 7) is 1.28. The molecule has 10 nitrogen and oxygen atoms in total. The second-order valence-electron chi connectivity index (χ2n) is 7.22. The van der Waals surface area contributed by atoms with Crippen molar-refractivity contribution >= 4 is 21.8 Å². The first-order valence-corrected chi connectivity index (χ1v) is 11.7. The number of carbonyl (C=O) groups excluding carboxylic acids is 2. The zero-order chi connectivity index (χ0) is 24.2. The monoisotopic (exact) mass is 477 g/mol. The van der Waals surface area contributed by atoms with E-state index in [4.69, 9.17) is 14.2 Å². The van der Waals surface area contributed by atoms with Gasteiger partial charge in [-0.2, -0.15) is 0 Å². The van der Waals surface area contributed by atoms with Crippen LogP contribution in [0.4, 0.5) is 0 Å². The number of ether oxygens (including phenoxy) is 3. The Morgan fingerprint density at radius 3 is 1.97 bits per heavy atom. The van der Waals surface area contributed by atoms with Gasteiger partial charge in [-0.1, -0.05) is 0 Å². The number of carbonyl (C=O) groups is 2. The highest BCUT2D eigenvalue weighted by Crippen LogP contribution is 2.27. The van der Waals surface area contributed by atoms with Gasteiger partial charge in [0.25, 0.3) is 11.8 Å². The summed E-state index contributed by atoms with van der Waals surface area (Å²) < 4.78 is 42.5. The molecule has 1 N–H and O–H groups in total. The topological polar surface area (TPSA) is 114 Å². The summed E-state index contributed by atoms with van der Waals surface area (Å²) in [5.41, 5.74) is 0.636. The van der Waals surface area contributed by atoms with Crippen molar-refractivity contribution in [3.05, 3.63) is 47.5 Å². The van der Waals surface area contributed by atoms with Gasteiger partial charge >= 0.3 is 0 Å². The molecule has 178 valence electrons. The first-order chi connectivity index (χ1) is 15.7. The highest BCUT2D eigenvalue weighted by molar-refractivity contribution is 7.89. The maximum Gasteiger partial charge on any atom is 0.257 e.